The average Bonchev–Trinajstić information content (AvgIpc) is 3.14. The summed E-state index contributed by atoms with van der Waals surface area (Å²) >= 11 is 3.70. The first-order chi connectivity index (χ1) is 15.7. The van der Waals surface area contributed by atoms with Gasteiger partial charge in [0.2, 0.25) is 5.90 Å². The summed E-state index contributed by atoms with van der Waals surface area (Å²) in [7, 11) is 1.64. The first-order valence-corrected chi connectivity index (χ1v) is 11.0. The van der Waals surface area contributed by atoms with Crippen LogP contribution in [0.25, 0.3) is 0 Å². The fourth-order valence-corrected chi connectivity index (χ4v) is 4.32. The van der Waals surface area contributed by atoms with Gasteiger partial charge in [-0.1, -0.05) is 64.5 Å². The van der Waals surface area contributed by atoms with Gasteiger partial charge in [0.25, 0.3) is 0 Å². The van der Waals surface area contributed by atoms with Gasteiger partial charge in [0, 0.05) is 10.0 Å². The number of ether oxygens (including phenoxy) is 3. The minimum Gasteiger partial charge on any atom is -0.497 e. The molecule has 0 fully saturated rings. The molecule has 0 aliphatic carbocycles. The van der Waals surface area contributed by atoms with Crippen LogP contribution in [0.3, 0.4) is 0 Å². The number of fused-ring (bicyclic) bond motifs is 1. The number of para-hydroxylation sites is 1. The first kappa shape index (κ1) is 20.3. The summed E-state index contributed by atoms with van der Waals surface area (Å²) in [6, 6.07) is 33.1. The van der Waals surface area contributed by atoms with Gasteiger partial charge in [0.15, 0.2) is 0 Å². The monoisotopic (exact) mass is 485 g/mol. The molecule has 0 saturated heterocycles. The van der Waals surface area contributed by atoms with Crippen LogP contribution < -0.4 is 9.47 Å². The molecule has 32 heavy (non-hydrogen) atoms. The van der Waals surface area contributed by atoms with Crippen LogP contribution >= 0.6 is 15.9 Å². The van der Waals surface area contributed by atoms with Crippen molar-refractivity contribution in [2.24, 2.45) is 4.99 Å². The summed E-state index contributed by atoms with van der Waals surface area (Å²) in [6.07, 6.45) is 0. The molecule has 1 heterocycles. The van der Waals surface area contributed by atoms with Crippen LogP contribution in [0.4, 0.5) is 5.69 Å². The maximum Gasteiger partial charge on any atom is 0.308 e. The maximum atomic E-state index is 6.62. The SMILES string of the molecule is COc1ccc(N=C2OC(Oc3ccccc3)(c3ccccc3Br)c3ccccc32)cc1. The highest BCUT2D eigenvalue weighted by atomic mass is 79.9. The fraction of sp³-hybridized carbons (Fsp3) is 0.0741. The third-order valence-electron chi connectivity index (χ3n) is 5.29. The summed E-state index contributed by atoms with van der Waals surface area (Å²) in [5, 5.41) is 0. The Kier molecular flexibility index (Phi) is 5.41. The molecule has 1 unspecified atom stereocenters. The van der Waals surface area contributed by atoms with Crippen LogP contribution in [-0.4, -0.2) is 13.0 Å². The van der Waals surface area contributed by atoms with Gasteiger partial charge in [0.05, 0.1) is 23.9 Å². The molecule has 5 heteroatoms. The summed E-state index contributed by atoms with van der Waals surface area (Å²) in [5.41, 5.74) is 3.40. The molecule has 1 aliphatic rings. The van der Waals surface area contributed by atoms with Crippen molar-refractivity contribution in [2.75, 3.05) is 7.11 Å². The third-order valence-corrected chi connectivity index (χ3v) is 5.98. The van der Waals surface area contributed by atoms with Gasteiger partial charge >= 0.3 is 5.79 Å². The average molecular weight is 486 g/mol. The molecule has 158 valence electrons. The van der Waals surface area contributed by atoms with E-state index < -0.39 is 5.79 Å². The Morgan fingerprint density at radius 2 is 1.38 bits per heavy atom. The molecule has 0 spiro atoms. The van der Waals surface area contributed by atoms with E-state index in [0.29, 0.717) is 11.6 Å². The second kappa shape index (κ2) is 8.52. The van der Waals surface area contributed by atoms with E-state index in [1.165, 1.54) is 0 Å². The van der Waals surface area contributed by atoms with Gasteiger partial charge in [-0.05, 0) is 54.6 Å². The number of rotatable bonds is 5. The molecular formula is C27H20BrNO3. The Labute approximate surface area is 195 Å². The van der Waals surface area contributed by atoms with Crippen molar-refractivity contribution >= 4 is 27.5 Å². The minimum atomic E-state index is -1.19. The number of halogens is 1. The van der Waals surface area contributed by atoms with Crippen LogP contribution in [-0.2, 0) is 10.5 Å². The van der Waals surface area contributed by atoms with Crippen molar-refractivity contribution in [1.29, 1.82) is 0 Å². The van der Waals surface area contributed by atoms with E-state index in [0.717, 1.165) is 32.6 Å². The Morgan fingerprint density at radius 3 is 2.09 bits per heavy atom. The zero-order valence-electron chi connectivity index (χ0n) is 17.4. The van der Waals surface area contributed by atoms with Crippen molar-refractivity contribution < 1.29 is 14.2 Å². The van der Waals surface area contributed by atoms with Gasteiger partial charge in [0.1, 0.15) is 11.5 Å². The highest BCUT2D eigenvalue weighted by molar-refractivity contribution is 9.10. The number of nitrogens with zero attached hydrogens (tertiary/aromatic N) is 1. The van der Waals surface area contributed by atoms with Crippen LogP contribution in [0.5, 0.6) is 11.5 Å². The van der Waals surface area contributed by atoms with Gasteiger partial charge in [-0.3, -0.25) is 0 Å². The molecule has 5 rings (SSSR count). The third kappa shape index (κ3) is 3.65. The predicted octanol–water partition coefficient (Wildman–Crippen LogP) is 6.85. The molecule has 4 aromatic carbocycles. The van der Waals surface area contributed by atoms with Crippen LogP contribution in [0.15, 0.2) is 113 Å². The second-order valence-corrected chi connectivity index (χ2v) is 8.13. The van der Waals surface area contributed by atoms with Gasteiger partial charge < -0.3 is 14.2 Å². The van der Waals surface area contributed by atoms with E-state index >= 15 is 0 Å². The van der Waals surface area contributed by atoms with E-state index in [4.69, 9.17) is 19.2 Å². The van der Waals surface area contributed by atoms with Gasteiger partial charge in [-0.15, -0.1) is 0 Å². The summed E-state index contributed by atoms with van der Waals surface area (Å²) in [5.74, 6) is 0.779. The summed E-state index contributed by atoms with van der Waals surface area (Å²) in [4.78, 5) is 4.81. The normalized spacial score (nSPS) is 18.1. The highest BCUT2D eigenvalue weighted by Crippen LogP contribution is 2.46. The maximum absolute atomic E-state index is 6.62. The number of hydrogen-bond acceptors (Lipinski definition) is 4. The topological polar surface area (TPSA) is 40.0 Å². The molecule has 0 N–H and O–H groups in total. The zero-order chi connectivity index (χ0) is 22.0. The van der Waals surface area contributed by atoms with Crippen molar-refractivity contribution in [2.45, 2.75) is 5.79 Å². The Morgan fingerprint density at radius 1 is 0.719 bits per heavy atom. The van der Waals surface area contributed by atoms with Crippen LogP contribution in [0, 0.1) is 0 Å². The smallest absolute Gasteiger partial charge is 0.308 e. The van der Waals surface area contributed by atoms with E-state index in [9.17, 15) is 0 Å². The van der Waals surface area contributed by atoms with E-state index in [2.05, 4.69) is 15.9 Å². The lowest BCUT2D eigenvalue weighted by atomic mass is 9.95. The number of hydrogen-bond donors (Lipinski definition) is 0. The molecule has 0 radical (unpaired) electrons. The minimum absolute atomic E-state index is 0.498. The lowest BCUT2D eigenvalue weighted by molar-refractivity contribution is -0.0851. The number of aliphatic imine (C=N–C) groups is 1. The first-order valence-electron chi connectivity index (χ1n) is 10.2. The highest BCUT2D eigenvalue weighted by Gasteiger charge is 2.49. The van der Waals surface area contributed by atoms with Gasteiger partial charge in [-0.2, -0.15) is 0 Å². The van der Waals surface area contributed by atoms with Crippen LogP contribution in [0.1, 0.15) is 16.7 Å². The summed E-state index contributed by atoms with van der Waals surface area (Å²) < 4.78 is 19.4. The predicted molar refractivity (Wildman–Crippen MR) is 129 cm³/mol. The van der Waals surface area contributed by atoms with Crippen LogP contribution in [0.2, 0.25) is 0 Å². The van der Waals surface area contributed by atoms with Crippen molar-refractivity contribution in [3.63, 3.8) is 0 Å². The standard InChI is InChI=1S/C27H20BrNO3/c1-30-20-17-15-19(16-18-20)29-26-22-11-5-6-12-23(22)27(32-26,24-13-7-8-14-25(24)28)31-21-9-3-2-4-10-21/h2-18H,1H3. The molecule has 4 nitrogen and oxygen atoms in total. The summed E-state index contributed by atoms with van der Waals surface area (Å²) in [6.45, 7) is 0. The molecule has 4 aromatic rings. The Bertz CT molecular complexity index is 1270. The quantitative estimate of drug-likeness (QED) is 0.310. The van der Waals surface area contributed by atoms with Crippen molar-refractivity contribution in [1.82, 2.24) is 0 Å². The van der Waals surface area contributed by atoms with E-state index in [-0.39, 0.29) is 0 Å². The fourth-order valence-electron chi connectivity index (χ4n) is 3.77. The lowest BCUT2D eigenvalue weighted by Crippen LogP contribution is -2.35. The number of benzene rings is 4. The largest absolute Gasteiger partial charge is 0.497 e. The molecule has 0 aromatic heterocycles. The molecule has 1 aliphatic heterocycles. The Balaban J connectivity index is 1.68. The Hall–Kier alpha value is -3.57. The van der Waals surface area contributed by atoms with Crippen molar-refractivity contribution in [3.05, 3.63) is 124 Å². The van der Waals surface area contributed by atoms with E-state index in [1.54, 1.807) is 7.11 Å². The second-order valence-electron chi connectivity index (χ2n) is 7.27. The molecule has 1 atom stereocenters. The molecule has 0 saturated carbocycles. The van der Waals surface area contributed by atoms with Crippen molar-refractivity contribution in [3.8, 4) is 11.5 Å². The van der Waals surface area contributed by atoms with E-state index in [1.807, 2.05) is 103 Å². The number of methoxy groups -OCH3 is 1. The molecular weight excluding hydrogens is 466 g/mol. The van der Waals surface area contributed by atoms with Gasteiger partial charge in [-0.25, -0.2) is 4.99 Å². The molecule has 0 bridgehead atoms. The lowest BCUT2D eigenvalue weighted by Gasteiger charge is -2.31. The molecule has 0 amide bonds. The zero-order valence-corrected chi connectivity index (χ0v) is 19.0.